The molecular formula is C17H14ClF4N3O3. The minimum Gasteiger partial charge on any atom is -0.391 e. The first-order valence-corrected chi connectivity index (χ1v) is 8.38. The van der Waals surface area contributed by atoms with Crippen LogP contribution < -0.4 is 0 Å². The van der Waals surface area contributed by atoms with Crippen molar-refractivity contribution in [3.63, 3.8) is 0 Å². The van der Waals surface area contributed by atoms with E-state index in [4.69, 9.17) is 16.1 Å². The molecule has 0 aliphatic rings. The van der Waals surface area contributed by atoms with Gasteiger partial charge in [-0.3, -0.25) is 4.68 Å². The van der Waals surface area contributed by atoms with Gasteiger partial charge in [-0.25, -0.2) is 4.39 Å². The molecule has 150 valence electrons. The van der Waals surface area contributed by atoms with Gasteiger partial charge in [-0.15, -0.1) is 0 Å². The van der Waals surface area contributed by atoms with Gasteiger partial charge < -0.3 is 14.7 Å². The highest BCUT2D eigenvalue weighted by molar-refractivity contribution is 6.33. The minimum absolute atomic E-state index is 0.0459. The van der Waals surface area contributed by atoms with Gasteiger partial charge in [-0.1, -0.05) is 22.8 Å². The maximum absolute atomic E-state index is 14.2. The maximum atomic E-state index is 14.2. The number of alkyl halides is 3. The minimum atomic E-state index is -4.84. The molecule has 6 nitrogen and oxygen atoms in total. The number of aliphatic hydroxyl groups excluding tert-OH is 2. The van der Waals surface area contributed by atoms with Crippen LogP contribution in [0.15, 0.2) is 28.9 Å². The standard InChI is InChI=1S/C17H14ClF4N3O3/c1-8(27)6-25-16(17(20,21)22)9(5-23-25)15-10(7-26)14(24-28-15)13-11(18)3-2-4-12(13)19/h2-5,8,26-27H,6-7H2,1H3. The number of halogens is 5. The van der Waals surface area contributed by atoms with Crippen LogP contribution >= 0.6 is 11.6 Å². The van der Waals surface area contributed by atoms with Crippen molar-refractivity contribution >= 4 is 11.6 Å². The predicted molar refractivity (Wildman–Crippen MR) is 90.7 cm³/mol. The van der Waals surface area contributed by atoms with Gasteiger partial charge in [0.05, 0.1) is 47.2 Å². The molecule has 3 aromatic rings. The molecular weight excluding hydrogens is 406 g/mol. The van der Waals surface area contributed by atoms with Crippen LogP contribution in [-0.2, 0) is 19.3 Å². The van der Waals surface area contributed by atoms with Crippen molar-refractivity contribution in [2.45, 2.75) is 32.4 Å². The highest BCUT2D eigenvalue weighted by Crippen LogP contribution is 2.42. The Bertz CT molecular complexity index is 978. The first kappa shape index (κ1) is 20.3. The van der Waals surface area contributed by atoms with Gasteiger partial charge in [0.2, 0.25) is 0 Å². The summed E-state index contributed by atoms with van der Waals surface area (Å²) in [5.41, 5.74) is -2.27. The lowest BCUT2D eigenvalue weighted by Gasteiger charge is -2.13. The summed E-state index contributed by atoms with van der Waals surface area (Å²) in [6.07, 6.45) is -5.04. The molecule has 0 saturated carbocycles. The van der Waals surface area contributed by atoms with E-state index in [1.54, 1.807) is 0 Å². The summed E-state index contributed by atoms with van der Waals surface area (Å²) in [7, 11) is 0. The zero-order chi connectivity index (χ0) is 20.6. The quantitative estimate of drug-likeness (QED) is 0.613. The van der Waals surface area contributed by atoms with E-state index in [-0.39, 0.29) is 21.8 Å². The van der Waals surface area contributed by atoms with Crippen molar-refractivity contribution in [1.29, 1.82) is 0 Å². The molecule has 0 saturated heterocycles. The average Bonchev–Trinajstić information content (AvgIpc) is 3.17. The molecule has 0 aliphatic carbocycles. The molecule has 0 amide bonds. The van der Waals surface area contributed by atoms with E-state index in [2.05, 4.69) is 10.3 Å². The fourth-order valence-corrected chi connectivity index (χ4v) is 3.08. The second kappa shape index (κ2) is 7.53. The fraction of sp³-hybridized carbons (Fsp3) is 0.294. The van der Waals surface area contributed by atoms with Crippen molar-refractivity contribution in [2.24, 2.45) is 0 Å². The van der Waals surface area contributed by atoms with Crippen molar-refractivity contribution < 1.29 is 32.3 Å². The lowest BCUT2D eigenvalue weighted by Crippen LogP contribution is -2.20. The van der Waals surface area contributed by atoms with Crippen LogP contribution in [0.25, 0.3) is 22.6 Å². The second-order valence-corrected chi connectivity index (χ2v) is 6.44. The van der Waals surface area contributed by atoms with E-state index in [0.717, 1.165) is 12.3 Å². The van der Waals surface area contributed by atoms with Gasteiger partial charge in [0.15, 0.2) is 11.5 Å². The highest BCUT2D eigenvalue weighted by atomic mass is 35.5. The monoisotopic (exact) mass is 419 g/mol. The Morgan fingerprint density at radius 2 is 2.04 bits per heavy atom. The van der Waals surface area contributed by atoms with Gasteiger partial charge in [0, 0.05) is 0 Å². The Kier molecular flexibility index (Phi) is 5.46. The molecule has 2 N–H and O–H groups in total. The van der Waals surface area contributed by atoms with Crippen LogP contribution in [-0.4, -0.2) is 31.3 Å². The van der Waals surface area contributed by atoms with Crippen LogP contribution in [0, 0.1) is 5.82 Å². The smallest absolute Gasteiger partial charge is 0.391 e. The number of nitrogens with zero attached hydrogens (tertiary/aromatic N) is 3. The van der Waals surface area contributed by atoms with Crippen molar-refractivity contribution in [1.82, 2.24) is 14.9 Å². The van der Waals surface area contributed by atoms with E-state index >= 15 is 0 Å². The van der Waals surface area contributed by atoms with E-state index in [9.17, 15) is 27.8 Å². The Hall–Kier alpha value is -2.43. The van der Waals surface area contributed by atoms with Crippen LogP contribution in [0.4, 0.5) is 17.6 Å². The van der Waals surface area contributed by atoms with E-state index < -0.39 is 48.3 Å². The molecule has 1 aromatic carbocycles. The first-order chi connectivity index (χ1) is 13.1. The molecule has 2 heterocycles. The Morgan fingerprint density at radius 3 is 2.61 bits per heavy atom. The predicted octanol–water partition coefficient (Wildman–Crippen LogP) is 3.89. The van der Waals surface area contributed by atoms with Crippen molar-refractivity contribution in [3.05, 3.63) is 46.5 Å². The molecule has 0 bridgehead atoms. The summed E-state index contributed by atoms with van der Waals surface area (Å²) >= 11 is 5.99. The molecule has 2 aromatic heterocycles. The summed E-state index contributed by atoms with van der Waals surface area (Å²) in [5.74, 6) is -1.19. The third-order valence-corrected chi connectivity index (χ3v) is 4.25. The summed E-state index contributed by atoms with van der Waals surface area (Å²) in [6, 6.07) is 3.82. The third kappa shape index (κ3) is 3.62. The van der Waals surface area contributed by atoms with Crippen molar-refractivity contribution in [2.75, 3.05) is 0 Å². The molecule has 11 heteroatoms. The zero-order valence-electron chi connectivity index (χ0n) is 14.3. The fourth-order valence-electron chi connectivity index (χ4n) is 2.83. The van der Waals surface area contributed by atoms with Gasteiger partial charge in [-0.2, -0.15) is 18.3 Å². The molecule has 0 fully saturated rings. The third-order valence-electron chi connectivity index (χ3n) is 3.94. The lowest BCUT2D eigenvalue weighted by molar-refractivity contribution is -0.144. The van der Waals surface area contributed by atoms with Gasteiger partial charge in [0.25, 0.3) is 0 Å². The van der Waals surface area contributed by atoms with Crippen LogP contribution in [0.2, 0.25) is 5.02 Å². The second-order valence-electron chi connectivity index (χ2n) is 6.03. The normalized spacial score (nSPS) is 13.1. The SMILES string of the molecule is CC(O)Cn1ncc(-c2onc(-c3c(F)cccc3Cl)c2CO)c1C(F)(F)F. The molecule has 28 heavy (non-hydrogen) atoms. The number of aromatic nitrogens is 3. The van der Waals surface area contributed by atoms with Crippen LogP contribution in [0.1, 0.15) is 18.2 Å². The molecule has 0 aliphatic heterocycles. The summed E-state index contributed by atoms with van der Waals surface area (Å²) in [6.45, 7) is 0.120. The molecule has 0 spiro atoms. The Morgan fingerprint density at radius 1 is 1.32 bits per heavy atom. The molecule has 0 radical (unpaired) electrons. The number of benzene rings is 1. The molecule has 1 atom stereocenters. The van der Waals surface area contributed by atoms with Crippen LogP contribution in [0.5, 0.6) is 0 Å². The van der Waals surface area contributed by atoms with Gasteiger partial charge in [-0.05, 0) is 19.1 Å². The topological polar surface area (TPSA) is 84.3 Å². The molecule has 1 unspecified atom stereocenters. The number of hydrogen-bond donors (Lipinski definition) is 2. The van der Waals surface area contributed by atoms with Gasteiger partial charge in [0.1, 0.15) is 11.5 Å². The van der Waals surface area contributed by atoms with E-state index in [0.29, 0.717) is 4.68 Å². The van der Waals surface area contributed by atoms with Gasteiger partial charge >= 0.3 is 6.18 Å². The molecule has 3 rings (SSSR count). The summed E-state index contributed by atoms with van der Waals surface area (Å²) in [4.78, 5) is 0. The zero-order valence-corrected chi connectivity index (χ0v) is 15.1. The van der Waals surface area contributed by atoms with E-state index in [1.807, 2.05) is 0 Å². The summed E-state index contributed by atoms with van der Waals surface area (Å²) < 4.78 is 60.7. The first-order valence-electron chi connectivity index (χ1n) is 8.00. The number of rotatable bonds is 5. The van der Waals surface area contributed by atoms with Crippen LogP contribution in [0.3, 0.4) is 0 Å². The largest absolute Gasteiger partial charge is 0.433 e. The maximum Gasteiger partial charge on any atom is 0.433 e. The Labute approximate surface area is 160 Å². The highest BCUT2D eigenvalue weighted by Gasteiger charge is 2.40. The number of aliphatic hydroxyl groups is 2. The van der Waals surface area contributed by atoms with E-state index in [1.165, 1.54) is 19.1 Å². The van der Waals surface area contributed by atoms with Crippen molar-refractivity contribution in [3.8, 4) is 22.6 Å². The lowest BCUT2D eigenvalue weighted by atomic mass is 10.0. The average molecular weight is 420 g/mol. The summed E-state index contributed by atoms with van der Waals surface area (Å²) in [5, 5.41) is 26.4. The number of hydrogen-bond acceptors (Lipinski definition) is 5. The Balaban J connectivity index is 2.22.